The molecule has 0 N–H and O–H groups in total. The second-order valence-corrected chi connectivity index (χ2v) is 5.86. The van der Waals surface area contributed by atoms with Crippen LogP contribution in [0.1, 0.15) is 48.5 Å². The predicted molar refractivity (Wildman–Crippen MR) is 70.5 cm³/mol. The Kier molecular flexibility index (Phi) is 6.24. The summed E-state index contributed by atoms with van der Waals surface area (Å²) < 4.78 is 0. The molecule has 16 heavy (non-hydrogen) atoms. The first kappa shape index (κ1) is 15.6. The van der Waals surface area contributed by atoms with Gasteiger partial charge in [0.1, 0.15) is 0 Å². The molecule has 0 fully saturated rings. The van der Waals surface area contributed by atoms with Crippen molar-refractivity contribution in [2.45, 2.75) is 60.5 Å². The van der Waals surface area contributed by atoms with Gasteiger partial charge < -0.3 is 0 Å². The lowest BCUT2D eigenvalue weighted by Crippen LogP contribution is -2.49. The maximum atomic E-state index is 12.3. The molecule has 0 aromatic carbocycles. The van der Waals surface area contributed by atoms with E-state index in [1.165, 1.54) is 0 Å². The van der Waals surface area contributed by atoms with Crippen LogP contribution in [0.25, 0.3) is 0 Å². The molecule has 0 bridgehead atoms. The lowest BCUT2D eigenvalue weighted by Gasteiger charge is -2.37. The summed E-state index contributed by atoms with van der Waals surface area (Å²) in [7, 11) is 2.06. The van der Waals surface area contributed by atoms with Gasteiger partial charge in [0, 0.05) is 12.0 Å². The van der Waals surface area contributed by atoms with E-state index in [-0.39, 0.29) is 12.0 Å². The topological polar surface area (TPSA) is 20.3 Å². The summed E-state index contributed by atoms with van der Waals surface area (Å²) in [5, 5.41) is 0. The van der Waals surface area contributed by atoms with Crippen LogP contribution in [0.5, 0.6) is 0 Å². The number of likely N-dealkylation sites (N-methyl/N-ethyl adjacent to an activating group) is 1. The number of hydrogen-bond donors (Lipinski definition) is 0. The molecular formula is C14H29NO. The van der Waals surface area contributed by atoms with E-state index in [4.69, 9.17) is 0 Å². The summed E-state index contributed by atoms with van der Waals surface area (Å²) in [4.78, 5) is 14.5. The molecule has 0 aliphatic carbocycles. The average Bonchev–Trinajstić information content (AvgIpc) is 2.16. The van der Waals surface area contributed by atoms with Crippen LogP contribution < -0.4 is 0 Å². The third-order valence-corrected chi connectivity index (χ3v) is 3.66. The fraction of sp³-hybridized carbons (Fsp3) is 0.929. The normalized spacial score (nSPS) is 16.2. The summed E-state index contributed by atoms with van der Waals surface area (Å²) in [6.07, 6.45) is 0. The molecule has 1 unspecified atom stereocenters. The Labute approximate surface area is 101 Å². The summed E-state index contributed by atoms with van der Waals surface area (Å²) in [5.74, 6) is 1.43. The minimum absolute atomic E-state index is 0.0556. The standard InChI is InChI=1S/C14H29NO/c1-9(2)12(7)13(14(16)10(3)4)15(8)11(5)6/h9-13H,1-8H3/t12-,13?/m1/s1. The lowest BCUT2D eigenvalue weighted by atomic mass is 9.83. The Morgan fingerprint density at radius 2 is 1.38 bits per heavy atom. The zero-order valence-corrected chi connectivity index (χ0v) is 12.2. The highest BCUT2D eigenvalue weighted by Gasteiger charge is 2.32. The van der Waals surface area contributed by atoms with Gasteiger partial charge in [0.2, 0.25) is 0 Å². The molecule has 0 radical (unpaired) electrons. The lowest BCUT2D eigenvalue weighted by molar-refractivity contribution is -0.130. The summed E-state index contributed by atoms with van der Waals surface area (Å²) in [6.45, 7) is 14.9. The fourth-order valence-electron chi connectivity index (χ4n) is 1.86. The van der Waals surface area contributed by atoms with E-state index in [0.29, 0.717) is 23.7 Å². The zero-order valence-electron chi connectivity index (χ0n) is 12.2. The van der Waals surface area contributed by atoms with Gasteiger partial charge >= 0.3 is 0 Å². The number of ketones is 1. The summed E-state index contributed by atoms with van der Waals surface area (Å²) in [6, 6.07) is 0.467. The maximum absolute atomic E-state index is 12.3. The largest absolute Gasteiger partial charge is 0.298 e. The summed E-state index contributed by atoms with van der Waals surface area (Å²) >= 11 is 0. The quantitative estimate of drug-likeness (QED) is 0.694. The van der Waals surface area contributed by atoms with Crippen molar-refractivity contribution >= 4 is 5.78 Å². The van der Waals surface area contributed by atoms with E-state index in [2.05, 4.69) is 46.6 Å². The third-order valence-electron chi connectivity index (χ3n) is 3.66. The smallest absolute Gasteiger partial charge is 0.152 e. The van der Waals surface area contributed by atoms with Gasteiger partial charge in [-0.1, -0.05) is 34.6 Å². The Morgan fingerprint density at radius 3 is 1.62 bits per heavy atom. The molecule has 96 valence electrons. The summed E-state index contributed by atoms with van der Waals surface area (Å²) in [5.41, 5.74) is 0. The Hall–Kier alpha value is -0.370. The van der Waals surface area contributed by atoms with Crippen LogP contribution in [0, 0.1) is 17.8 Å². The number of hydrogen-bond acceptors (Lipinski definition) is 2. The molecule has 2 nitrogen and oxygen atoms in total. The Morgan fingerprint density at radius 1 is 0.938 bits per heavy atom. The van der Waals surface area contributed by atoms with Crippen molar-refractivity contribution in [3.8, 4) is 0 Å². The maximum Gasteiger partial charge on any atom is 0.152 e. The van der Waals surface area contributed by atoms with E-state index < -0.39 is 0 Å². The first-order chi connectivity index (χ1) is 7.20. The Balaban J connectivity index is 4.97. The van der Waals surface area contributed by atoms with E-state index in [1.807, 2.05) is 13.8 Å². The minimum atomic E-state index is 0.0556. The van der Waals surface area contributed by atoms with E-state index in [1.54, 1.807) is 0 Å². The number of nitrogens with zero attached hydrogens (tertiary/aromatic N) is 1. The molecular weight excluding hydrogens is 198 g/mol. The van der Waals surface area contributed by atoms with Gasteiger partial charge in [-0.2, -0.15) is 0 Å². The molecule has 2 atom stereocenters. The van der Waals surface area contributed by atoms with Gasteiger partial charge in [0.25, 0.3) is 0 Å². The van der Waals surface area contributed by atoms with Crippen LogP contribution in [-0.2, 0) is 4.79 Å². The van der Waals surface area contributed by atoms with Crippen LogP contribution in [0.3, 0.4) is 0 Å². The van der Waals surface area contributed by atoms with Gasteiger partial charge in [-0.05, 0) is 32.7 Å². The highest BCUT2D eigenvalue weighted by Crippen LogP contribution is 2.23. The molecule has 2 heteroatoms. The Bertz CT molecular complexity index is 207. The van der Waals surface area contributed by atoms with Crippen molar-refractivity contribution < 1.29 is 4.79 Å². The average molecular weight is 227 g/mol. The number of carbonyl (C=O) groups is 1. The van der Waals surface area contributed by atoms with E-state index in [0.717, 1.165) is 0 Å². The van der Waals surface area contributed by atoms with E-state index >= 15 is 0 Å². The van der Waals surface area contributed by atoms with Crippen molar-refractivity contribution in [2.75, 3.05) is 7.05 Å². The third kappa shape index (κ3) is 3.89. The number of carbonyl (C=O) groups excluding carboxylic acids is 1. The minimum Gasteiger partial charge on any atom is -0.298 e. The van der Waals surface area contributed by atoms with Gasteiger partial charge in [-0.15, -0.1) is 0 Å². The molecule has 0 aromatic rings. The molecule has 0 heterocycles. The van der Waals surface area contributed by atoms with Crippen molar-refractivity contribution in [1.29, 1.82) is 0 Å². The molecule has 0 saturated heterocycles. The van der Waals surface area contributed by atoms with Crippen LogP contribution in [-0.4, -0.2) is 29.8 Å². The number of Topliss-reactive ketones (excluding diaryl/α,β-unsaturated/α-hetero) is 1. The second kappa shape index (κ2) is 6.39. The molecule has 0 spiro atoms. The van der Waals surface area contributed by atoms with Crippen molar-refractivity contribution in [3.63, 3.8) is 0 Å². The highest BCUT2D eigenvalue weighted by atomic mass is 16.1. The van der Waals surface area contributed by atoms with Crippen LogP contribution in [0.2, 0.25) is 0 Å². The van der Waals surface area contributed by atoms with Gasteiger partial charge in [-0.3, -0.25) is 9.69 Å². The zero-order chi connectivity index (χ0) is 13.0. The fourth-order valence-corrected chi connectivity index (χ4v) is 1.86. The molecule has 0 amide bonds. The van der Waals surface area contributed by atoms with Crippen LogP contribution in [0.15, 0.2) is 0 Å². The molecule has 0 aromatic heterocycles. The van der Waals surface area contributed by atoms with Gasteiger partial charge in [-0.25, -0.2) is 0 Å². The monoisotopic (exact) mass is 227 g/mol. The van der Waals surface area contributed by atoms with Gasteiger partial charge in [0.05, 0.1) is 6.04 Å². The SMILES string of the molecule is CC(C)C(=O)C([C@H](C)C(C)C)N(C)C(C)C. The second-order valence-electron chi connectivity index (χ2n) is 5.86. The molecule has 0 rings (SSSR count). The number of rotatable bonds is 6. The van der Waals surface area contributed by atoms with Crippen molar-refractivity contribution in [1.82, 2.24) is 4.90 Å². The molecule has 0 saturated carbocycles. The van der Waals surface area contributed by atoms with E-state index in [9.17, 15) is 4.79 Å². The first-order valence-corrected chi connectivity index (χ1v) is 6.45. The predicted octanol–water partition coefficient (Wildman–Crippen LogP) is 3.21. The highest BCUT2D eigenvalue weighted by molar-refractivity contribution is 5.86. The molecule has 0 aliphatic rings. The van der Waals surface area contributed by atoms with Crippen LogP contribution >= 0.6 is 0 Å². The first-order valence-electron chi connectivity index (χ1n) is 6.45. The van der Waals surface area contributed by atoms with Crippen LogP contribution in [0.4, 0.5) is 0 Å². The molecule has 0 aliphatic heterocycles. The van der Waals surface area contributed by atoms with Crippen molar-refractivity contribution in [3.05, 3.63) is 0 Å². The van der Waals surface area contributed by atoms with Crippen molar-refractivity contribution in [2.24, 2.45) is 17.8 Å². The van der Waals surface area contributed by atoms with Gasteiger partial charge in [0.15, 0.2) is 5.78 Å².